The molecule has 0 saturated heterocycles. The standard InChI is InChI=1S/C12H16O3S/c1-9(2)15-10-3-5-11(6-4-10)16(13,14)12-7-8-12/h3-6,9,12H,7-8H2,1-2H3. The summed E-state index contributed by atoms with van der Waals surface area (Å²) >= 11 is 0. The van der Waals surface area contributed by atoms with Crippen LogP contribution >= 0.6 is 0 Å². The molecule has 4 heteroatoms. The fourth-order valence-corrected chi connectivity index (χ4v) is 3.21. The molecule has 1 aromatic rings. The second-order valence-electron chi connectivity index (χ2n) is 4.38. The van der Waals surface area contributed by atoms with Gasteiger partial charge >= 0.3 is 0 Å². The van der Waals surface area contributed by atoms with Crippen LogP contribution in [0.5, 0.6) is 5.75 Å². The Balaban J connectivity index is 2.19. The first kappa shape index (κ1) is 11.5. The van der Waals surface area contributed by atoms with Gasteiger partial charge in [0.1, 0.15) is 5.75 Å². The average molecular weight is 240 g/mol. The summed E-state index contributed by atoms with van der Waals surface area (Å²) in [5.74, 6) is 0.713. The molecule has 0 amide bonds. The number of hydrogen-bond donors (Lipinski definition) is 0. The lowest BCUT2D eigenvalue weighted by atomic mass is 10.3. The van der Waals surface area contributed by atoms with Gasteiger partial charge in [-0.05, 0) is 51.0 Å². The zero-order chi connectivity index (χ0) is 11.8. The van der Waals surface area contributed by atoms with Crippen LogP contribution in [0.15, 0.2) is 29.2 Å². The smallest absolute Gasteiger partial charge is 0.181 e. The second kappa shape index (κ2) is 4.09. The molecular weight excluding hydrogens is 224 g/mol. The quantitative estimate of drug-likeness (QED) is 0.811. The fraction of sp³-hybridized carbons (Fsp3) is 0.500. The molecule has 0 aliphatic heterocycles. The maximum atomic E-state index is 11.9. The van der Waals surface area contributed by atoms with E-state index in [0.29, 0.717) is 10.6 Å². The van der Waals surface area contributed by atoms with Crippen molar-refractivity contribution in [3.05, 3.63) is 24.3 Å². The van der Waals surface area contributed by atoms with Gasteiger partial charge in [-0.2, -0.15) is 0 Å². The van der Waals surface area contributed by atoms with Crippen LogP contribution in [0.25, 0.3) is 0 Å². The summed E-state index contributed by atoms with van der Waals surface area (Å²) in [6.45, 7) is 3.88. The van der Waals surface area contributed by atoms with Gasteiger partial charge in [-0.3, -0.25) is 0 Å². The number of hydrogen-bond acceptors (Lipinski definition) is 3. The second-order valence-corrected chi connectivity index (χ2v) is 6.61. The first-order valence-electron chi connectivity index (χ1n) is 5.51. The molecule has 16 heavy (non-hydrogen) atoms. The van der Waals surface area contributed by atoms with Crippen molar-refractivity contribution in [1.82, 2.24) is 0 Å². The van der Waals surface area contributed by atoms with Crippen molar-refractivity contribution in [1.29, 1.82) is 0 Å². The van der Waals surface area contributed by atoms with Gasteiger partial charge < -0.3 is 4.74 Å². The van der Waals surface area contributed by atoms with Crippen molar-refractivity contribution >= 4 is 9.84 Å². The van der Waals surface area contributed by atoms with Crippen LogP contribution in [-0.2, 0) is 9.84 Å². The van der Waals surface area contributed by atoms with Gasteiger partial charge in [-0.15, -0.1) is 0 Å². The minimum atomic E-state index is -3.07. The van der Waals surface area contributed by atoms with E-state index in [4.69, 9.17) is 4.74 Å². The fourth-order valence-electron chi connectivity index (χ4n) is 1.55. The summed E-state index contributed by atoms with van der Waals surface area (Å²) in [6, 6.07) is 6.70. The molecule has 1 aliphatic carbocycles. The van der Waals surface area contributed by atoms with Gasteiger partial charge in [0.05, 0.1) is 16.2 Å². The minimum absolute atomic E-state index is 0.103. The molecule has 1 aliphatic rings. The van der Waals surface area contributed by atoms with Crippen LogP contribution in [0, 0.1) is 0 Å². The summed E-state index contributed by atoms with van der Waals surface area (Å²) in [7, 11) is -3.07. The van der Waals surface area contributed by atoms with Crippen molar-refractivity contribution in [3.8, 4) is 5.75 Å². The van der Waals surface area contributed by atoms with E-state index in [9.17, 15) is 8.42 Å². The van der Waals surface area contributed by atoms with Crippen LogP contribution in [0.1, 0.15) is 26.7 Å². The van der Waals surface area contributed by atoms with Crippen LogP contribution < -0.4 is 4.74 Å². The van der Waals surface area contributed by atoms with Crippen LogP contribution in [0.4, 0.5) is 0 Å². The number of rotatable bonds is 4. The van der Waals surface area contributed by atoms with Crippen molar-refractivity contribution in [2.75, 3.05) is 0 Å². The lowest BCUT2D eigenvalue weighted by Gasteiger charge is -2.10. The van der Waals surface area contributed by atoms with E-state index < -0.39 is 9.84 Å². The molecule has 3 nitrogen and oxygen atoms in total. The van der Waals surface area contributed by atoms with Gasteiger partial charge in [0, 0.05) is 0 Å². The number of sulfone groups is 1. The summed E-state index contributed by atoms with van der Waals surface area (Å²) in [5.41, 5.74) is 0. The Bertz CT molecular complexity index is 456. The summed E-state index contributed by atoms with van der Waals surface area (Å²) < 4.78 is 29.2. The molecule has 1 saturated carbocycles. The maximum Gasteiger partial charge on any atom is 0.181 e. The molecule has 1 fully saturated rings. The third-order valence-corrected chi connectivity index (χ3v) is 4.77. The molecule has 0 spiro atoms. The third kappa shape index (κ3) is 2.38. The van der Waals surface area contributed by atoms with Gasteiger partial charge in [0.15, 0.2) is 9.84 Å². The molecule has 0 aromatic heterocycles. The average Bonchev–Trinajstić information content (AvgIpc) is 3.00. The lowest BCUT2D eigenvalue weighted by Crippen LogP contribution is -2.08. The summed E-state index contributed by atoms with van der Waals surface area (Å²) in [5, 5.41) is -0.149. The highest BCUT2D eigenvalue weighted by atomic mass is 32.2. The van der Waals surface area contributed by atoms with E-state index in [1.807, 2.05) is 13.8 Å². The summed E-state index contributed by atoms with van der Waals surface area (Å²) in [4.78, 5) is 0.408. The third-order valence-electron chi connectivity index (χ3n) is 2.49. The maximum absolute atomic E-state index is 11.9. The molecule has 0 unspecified atom stereocenters. The van der Waals surface area contributed by atoms with Gasteiger partial charge in [-0.25, -0.2) is 8.42 Å². The first-order valence-corrected chi connectivity index (χ1v) is 7.05. The van der Waals surface area contributed by atoms with Crippen molar-refractivity contribution in [2.24, 2.45) is 0 Å². The Morgan fingerprint density at radius 3 is 2.19 bits per heavy atom. The Morgan fingerprint density at radius 1 is 1.19 bits per heavy atom. The van der Waals surface area contributed by atoms with Crippen molar-refractivity contribution < 1.29 is 13.2 Å². The van der Waals surface area contributed by atoms with Crippen molar-refractivity contribution in [3.63, 3.8) is 0 Å². The predicted octanol–water partition coefficient (Wildman–Crippen LogP) is 2.41. The Morgan fingerprint density at radius 2 is 1.75 bits per heavy atom. The molecule has 0 radical (unpaired) electrons. The zero-order valence-electron chi connectivity index (χ0n) is 9.51. The lowest BCUT2D eigenvalue weighted by molar-refractivity contribution is 0.242. The largest absolute Gasteiger partial charge is 0.491 e. The molecular formula is C12H16O3S. The molecule has 0 bridgehead atoms. The number of benzene rings is 1. The van der Waals surface area contributed by atoms with Crippen molar-refractivity contribution in [2.45, 2.75) is 42.9 Å². The summed E-state index contributed by atoms with van der Waals surface area (Å²) in [6.07, 6.45) is 1.70. The molecule has 1 aromatic carbocycles. The first-order chi connectivity index (χ1) is 7.50. The molecule has 0 atom stereocenters. The highest BCUT2D eigenvalue weighted by Crippen LogP contribution is 2.33. The monoisotopic (exact) mass is 240 g/mol. The molecule has 88 valence electrons. The van der Waals surface area contributed by atoms with Gasteiger partial charge in [-0.1, -0.05) is 0 Å². The SMILES string of the molecule is CC(C)Oc1ccc(S(=O)(=O)C2CC2)cc1. The van der Waals surface area contributed by atoms with Crippen LogP contribution in [0.3, 0.4) is 0 Å². The molecule has 0 heterocycles. The minimum Gasteiger partial charge on any atom is -0.491 e. The molecule has 0 N–H and O–H groups in total. The van der Waals surface area contributed by atoms with E-state index in [0.717, 1.165) is 12.8 Å². The highest BCUT2D eigenvalue weighted by Gasteiger charge is 2.36. The normalized spacial score (nSPS) is 16.4. The highest BCUT2D eigenvalue weighted by molar-refractivity contribution is 7.92. The topological polar surface area (TPSA) is 43.4 Å². The van der Waals surface area contributed by atoms with Gasteiger partial charge in [0.25, 0.3) is 0 Å². The van der Waals surface area contributed by atoms with E-state index in [1.54, 1.807) is 24.3 Å². The predicted molar refractivity (Wildman–Crippen MR) is 62.4 cm³/mol. The van der Waals surface area contributed by atoms with Gasteiger partial charge in [0.2, 0.25) is 0 Å². The Hall–Kier alpha value is -1.03. The van der Waals surface area contributed by atoms with E-state index in [2.05, 4.69) is 0 Å². The zero-order valence-corrected chi connectivity index (χ0v) is 10.3. The molecule has 2 rings (SSSR count). The Labute approximate surface area is 96.4 Å². The van der Waals surface area contributed by atoms with Crippen LogP contribution in [-0.4, -0.2) is 19.8 Å². The van der Waals surface area contributed by atoms with E-state index >= 15 is 0 Å². The van der Waals surface area contributed by atoms with E-state index in [1.165, 1.54) is 0 Å². The van der Waals surface area contributed by atoms with E-state index in [-0.39, 0.29) is 11.4 Å². The number of ether oxygens (including phenoxy) is 1. The Kier molecular flexibility index (Phi) is 2.93. The van der Waals surface area contributed by atoms with Crippen LogP contribution in [0.2, 0.25) is 0 Å².